The monoisotopic (exact) mass is 469 g/mol. The largest absolute Gasteiger partial charge is 0.448 e. The molecule has 0 bridgehead atoms. The van der Waals surface area contributed by atoms with Gasteiger partial charge in [-0.05, 0) is 28.3 Å². The molecule has 170 valence electrons. The molecular weight excluding hydrogens is 446 g/mol. The summed E-state index contributed by atoms with van der Waals surface area (Å²) >= 11 is 1.55. The van der Waals surface area contributed by atoms with Crippen LogP contribution in [-0.4, -0.2) is 38.9 Å². The van der Waals surface area contributed by atoms with Crippen LogP contribution in [0.4, 0.5) is 0 Å². The Balaban J connectivity index is 1.51. The fourth-order valence-electron chi connectivity index (χ4n) is 4.08. The molecule has 0 spiro atoms. The second-order valence-corrected chi connectivity index (χ2v) is 9.14. The number of hydrogen-bond acceptors (Lipinski definition) is 6. The molecule has 0 radical (unpaired) electrons. The molecule has 5 rings (SSSR count). The molecule has 2 aliphatic rings. The highest BCUT2D eigenvalue weighted by atomic mass is 32.2. The number of ether oxygens (including phenoxy) is 1. The quantitative estimate of drug-likeness (QED) is 0.435. The fourth-order valence-corrected chi connectivity index (χ4v) is 5.34. The van der Waals surface area contributed by atoms with E-state index >= 15 is 0 Å². The molecule has 1 saturated heterocycles. The zero-order valence-electron chi connectivity index (χ0n) is 18.3. The number of carbonyl (C=O) groups is 2. The van der Waals surface area contributed by atoms with Crippen molar-refractivity contribution in [2.75, 3.05) is 5.75 Å². The number of nitrogens with two attached hydrogens (primary N) is 1. The number of β-lactam (4-membered cyclic amide) rings is 1. The highest BCUT2D eigenvalue weighted by Crippen LogP contribution is 2.41. The molecule has 3 heterocycles. The van der Waals surface area contributed by atoms with Gasteiger partial charge in [-0.2, -0.15) is 0 Å². The summed E-state index contributed by atoms with van der Waals surface area (Å²) in [5.41, 5.74) is 9.59. The average Bonchev–Trinajstić information content (AvgIpc) is 2.91. The number of fused-ring (bicyclic) bond motifs is 1. The van der Waals surface area contributed by atoms with Crippen molar-refractivity contribution in [1.29, 1.82) is 0 Å². The Morgan fingerprint density at radius 3 is 2.32 bits per heavy atom. The van der Waals surface area contributed by atoms with E-state index in [1.807, 2.05) is 84.9 Å². The number of hydrogen-bond donors (Lipinski definition) is 1. The predicted molar refractivity (Wildman–Crippen MR) is 132 cm³/mol. The standard InChI is InChI=1S/C27H23N3O3S/c28-22-25(31)30-23(21(17-34-26(22)30)14-13-18-8-7-15-29-16-18)27(32)33-24(19-9-3-1-4-10-19)20-11-5-2-6-12-20/h1-16,22,24,26H,17,28H2/b14-13+/t22?,26-/m1/s1. The Bertz CT molecular complexity index is 1210. The number of pyridine rings is 1. The number of esters is 1. The van der Waals surface area contributed by atoms with Gasteiger partial charge in [0.15, 0.2) is 6.10 Å². The first-order valence-electron chi connectivity index (χ1n) is 11.0. The van der Waals surface area contributed by atoms with Crippen LogP contribution >= 0.6 is 11.8 Å². The smallest absolute Gasteiger partial charge is 0.356 e. The molecule has 1 fully saturated rings. The third kappa shape index (κ3) is 4.27. The zero-order valence-corrected chi connectivity index (χ0v) is 19.1. The molecule has 1 amide bonds. The lowest BCUT2D eigenvalue weighted by Crippen LogP contribution is -2.68. The highest BCUT2D eigenvalue weighted by Gasteiger charge is 2.52. The van der Waals surface area contributed by atoms with E-state index in [-0.39, 0.29) is 17.0 Å². The van der Waals surface area contributed by atoms with E-state index in [0.29, 0.717) is 5.75 Å². The van der Waals surface area contributed by atoms with Gasteiger partial charge in [0, 0.05) is 18.1 Å². The van der Waals surface area contributed by atoms with Gasteiger partial charge in [-0.15, -0.1) is 11.8 Å². The van der Waals surface area contributed by atoms with Gasteiger partial charge in [0.1, 0.15) is 17.1 Å². The first-order valence-corrected chi connectivity index (χ1v) is 12.0. The Hall–Kier alpha value is -3.68. The summed E-state index contributed by atoms with van der Waals surface area (Å²) in [7, 11) is 0. The summed E-state index contributed by atoms with van der Waals surface area (Å²) in [5.74, 6) is -0.272. The number of allylic oxidation sites excluding steroid dienone is 1. The summed E-state index contributed by atoms with van der Waals surface area (Å²) in [4.78, 5) is 31.9. The topological polar surface area (TPSA) is 85.5 Å². The summed E-state index contributed by atoms with van der Waals surface area (Å²) < 4.78 is 6.09. The fraction of sp³-hybridized carbons (Fsp3) is 0.148. The SMILES string of the molecule is NC1C(=O)N2C(C(=O)OC(c3ccccc3)c3ccccc3)=C(/C=C/c3cccnc3)CS[C@H]12. The molecule has 0 saturated carbocycles. The van der Waals surface area contributed by atoms with Crippen LogP contribution in [0.25, 0.3) is 6.08 Å². The molecule has 3 aromatic rings. The molecule has 2 aliphatic heterocycles. The van der Waals surface area contributed by atoms with Crippen LogP contribution < -0.4 is 5.73 Å². The number of carbonyl (C=O) groups excluding carboxylic acids is 2. The molecular formula is C27H23N3O3S. The van der Waals surface area contributed by atoms with Crippen molar-refractivity contribution in [3.8, 4) is 0 Å². The Kier molecular flexibility index (Phi) is 6.29. The van der Waals surface area contributed by atoms with Crippen LogP contribution in [0.1, 0.15) is 22.8 Å². The maximum Gasteiger partial charge on any atom is 0.356 e. The van der Waals surface area contributed by atoms with Crippen molar-refractivity contribution in [2.45, 2.75) is 17.5 Å². The van der Waals surface area contributed by atoms with Crippen LogP contribution in [0, 0.1) is 0 Å². The lowest BCUT2D eigenvalue weighted by atomic mass is 10.0. The lowest BCUT2D eigenvalue weighted by Gasteiger charge is -2.48. The molecule has 2 N–H and O–H groups in total. The number of benzene rings is 2. The predicted octanol–water partition coefficient (Wildman–Crippen LogP) is 3.92. The van der Waals surface area contributed by atoms with E-state index in [0.717, 1.165) is 22.3 Å². The first kappa shape index (κ1) is 22.1. The number of thioether (sulfide) groups is 1. The van der Waals surface area contributed by atoms with Gasteiger partial charge < -0.3 is 10.5 Å². The van der Waals surface area contributed by atoms with Crippen molar-refractivity contribution in [2.24, 2.45) is 5.73 Å². The van der Waals surface area contributed by atoms with Crippen molar-refractivity contribution < 1.29 is 14.3 Å². The minimum absolute atomic E-state index is 0.257. The Morgan fingerprint density at radius 2 is 1.71 bits per heavy atom. The summed E-state index contributed by atoms with van der Waals surface area (Å²) in [5, 5.41) is -0.266. The van der Waals surface area contributed by atoms with Gasteiger partial charge >= 0.3 is 5.97 Å². The van der Waals surface area contributed by atoms with Crippen molar-refractivity contribution in [1.82, 2.24) is 9.88 Å². The highest BCUT2D eigenvalue weighted by molar-refractivity contribution is 8.00. The van der Waals surface area contributed by atoms with E-state index in [1.165, 1.54) is 4.90 Å². The van der Waals surface area contributed by atoms with Crippen molar-refractivity contribution in [3.05, 3.63) is 119 Å². The minimum Gasteiger partial charge on any atom is -0.448 e. The molecule has 6 nitrogen and oxygen atoms in total. The minimum atomic E-state index is -0.615. The van der Waals surface area contributed by atoms with Crippen LogP contribution in [-0.2, 0) is 14.3 Å². The third-order valence-electron chi connectivity index (χ3n) is 5.82. The van der Waals surface area contributed by atoms with Gasteiger partial charge in [-0.25, -0.2) is 4.79 Å². The van der Waals surface area contributed by atoms with Crippen LogP contribution in [0.5, 0.6) is 0 Å². The first-order chi connectivity index (χ1) is 16.6. The van der Waals surface area contributed by atoms with Crippen molar-refractivity contribution in [3.63, 3.8) is 0 Å². The third-order valence-corrected chi connectivity index (χ3v) is 7.15. The summed E-state index contributed by atoms with van der Waals surface area (Å²) in [6, 6.07) is 22.3. The number of amides is 1. The molecule has 0 aliphatic carbocycles. The Morgan fingerprint density at radius 1 is 1.03 bits per heavy atom. The maximum absolute atomic E-state index is 13.6. The van der Waals surface area contributed by atoms with Crippen LogP contribution in [0.15, 0.2) is 103 Å². The maximum atomic E-state index is 13.6. The second-order valence-electron chi connectivity index (χ2n) is 8.04. The van der Waals surface area contributed by atoms with Gasteiger partial charge in [0.2, 0.25) is 5.91 Å². The summed E-state index contributed by atoms with van der Waals surface area (Å²) in [6.45, 7) is 0. The van der Waals surface area contributed by atoms with Gasteiger partial charge in [0.05, 0.1) is 0 Å². The zero-order chi connectivity index (χ0) is 23.5. The lowest BCUT2D eigenvalue weighted by molar-refractivity contribution is -0.153. The van der Waals surface area contributed by atoms with E-state index in [4.69, 9.17) is 10.5 Å². The van der Waals surface area contributed by atoms with Crippen LogP contribution in [0.2, 0.25) is 0 Å². The van der Waals surface area contributed by atoms with Gasteiger partial charge in [-0.3, -0.25) is 14.7 Å². The number of rotatable bonds is 6. The molecule has 7 heteroatoms. The van der Waals surface area contributed by atoms with E-state index in [9.17, 15) is 9.59 Å². The van der Waals surface area contributed by atoms with Crippen molar-refractivity contribution >= 4 is 29.7 Å². The van der Waals surface area contributed by atoms with Gasteiger partial charge in [0.25, 0.3) is 0 Å². The molecule has 34 heavy (non-hydrogen) atoms. The van der Waals surface area contributed by atoms with E-state index < -0.39 is 18.1 Å². The Labute approximate surface area is 202 Å². The second kappa shape index (κ2) is 9.67. The molecule has 1 aromatic heterocycles. The van der Waals surface area contributed by atoms with Gasteiger partial charge in [-0.1, -0.05) is 78.9 Å². The number of nitrogens with zero attached hydrogens (tertiary/aromatic N) is 2. The van der Waals surface area contributed by atoms with Crippen LogP contribution in [0.3, 0.4) is 0 Å². The average molecular weight is 470 g/mol. The molecule has 1 unspecified atom stereocenters. The number of aromatic nitrogens is 1. The van der Waals surface area contributed by atoms with E-state index in [1.54, 1.807) is 24.2 Å². The molecule has 2 atom stereocenters. The van der Waals surface area contributed by atoms with E-state index in [2.05, 4.69) is 4.98 Å². The normalized spacial score (nSPS) is 19.8. The summed E-state index contributed by atoms with van der Waals surface area (Å²) in [6.07, 6.45) is 6.57. The molecule has 2 aromatic carbocycles.